The minimum absolute atomic E-state index is 0.609. The number of hydrogen-bond donors (Lipinski definition) is 0. The molecule has 0 N–H and O–H groups in total. The summed E-state index contributed by atoms with van der Waals surface area (Å²) in [6.07, 6.45) is 1.01. The van der Waals surface area contributed by atoms with Gasteiger partial charge < -0.3 is 0 Å². The molecule has 0 saturated carbocycles. The minimum atomic E-state index is 0.609. The van der Waals surface area contributed by atoms with Crippen LogP contribution in [0.25, 0.3) is 0 Å². The topological polar surface area (TPSA) is 18.5 Å². The quantitative estimate of drug-likeness (QED) is 0.234. The third-order valence-electron chi connectivity index (χ3n) is 0.415. The smallest absolute Gasteiger partial charge is 0.133 e. The van der Waals surface area contributed by atoms with E-state index in [1.165, 1.54) is 0 Å². The van der Waals surface area contributed by atoms with Crippen molar-refractivity contribution in [2.75, 3.05) is 11.2 Å². The van der Waals surface area contributed by atoms with Crippen molar-refractivity contribution in [3.8, 4) is 0 Å². The van der Waals surface area contributed by atoms with Gasteiger partial charge in [-0.2, -0.15) is 0 Å². The summed E-state index contributed by atoms with van der Waals surface area (Å²) in [4.78, 5) is 9.18. The van der Waals surface area contributed by atoms with E-state index in [1.807, 2.05) is 6.92 Å². The summed E-state index contributed by atoms with van der Waals surface area (Å²) < 4.78 is 0.609. The van der Waals surface area contributed by atoms with Crippen LogP contribution in [-0.4, -0.2) is 11.2 Å². The molecule has 0 heterocycles. The average Bonchev–Trinajstić information content (AvgIpc) is 1.69. The van der Waals surface area contributed by atoms with Gasteiger partial charge in [-0.25, -0.2) is 9.78 Å². The van der Waals surface area contributed by atoms with E-state index in [2.05, 4.69) is 32.4 Å². The Morgan fingerprint density at radius 3 is 2.57 bits per heavy atom. The van der Waals surface area contributed by atoms with Crippen molar-refractivity contribution in [2.24, 2.45) is 0 Å². The van der Waals surface area contributed by atoms with Crippen molar-refractivity contribution < 1.29 is 9.78 Å². The van der Waals surface area contributed by atoms with Gasteiger partial charge in [-0.1, -0.05) is 29.5 Å². The molecular formula is C4H9IO2. The molecule has 0 aliphatic rings. The molecule has 0 rings (SSSR count). The van der Waals surface area contributed by atoms with E-state index >= 15 is 0 Å². The van der Waals surface area contributed by atoms with Crippen molar-refractivity contribution >= 4 is 22.6 Å². The summed E-state index contributed by atoms with van der Waals surface area (Å²) in [5.74, 6) is 0. The highest BCUT2D eigenvalue weighted by Gasteiger charge is 1.78. The van der Waals surface area contributed by atoms with Gasteiger partial charge in [0.15, 0.2) is 0 Å². The van der Waals surface area contributed by atoms with Crippen LogP contribution in [0.2, 0.25) is 0 Å². The van der Waals surface area contributed by atoms with Gasteiger partial charge in [0.05, 0.1) is 6.61 Å². The largest absolute Gasteiger partial charge is 0.236 e. The fourth-order valence-corrected chi connectivity index (χ4v) is 0.354. The van der Waals surface area contributed by atoms with E-state index in [9.17, 15) is 0 Å². The minimum Gasteiger partial charge on any atom is -0.236 e. The first-order chi connectivity index (χ1) is 3.41. The molecule has 0 fully saturated rings. The van der Waals surface area contributed by atoms with Crippen molar-refractivity contribution in [2.45, 2.75) is 13.3 Å². The van der Waals surface area contributed by atoms with Gasteiger partial charge >= 0.3 is 0 Å². The molecule has 0 unspecified atom stereocenters. The summed E-state index contributed by atoms with van der Waals surface area (Å²) in [7, 11) is 0. The fourth-order valence-electron chi connectivity index (χ4n) is 0.174. The van der Waals surface area contributed by atoms with E-state index in [1.54, 1.807) is 0 Å². The predicted octanol–water partition coefficient (Wildman–Crippen LogP) is 1.74. The van der Waals surface area contributed by atoms with Crippen LogP contribution in [0.15, 0.2) is 0 Å². The molecule has 0 aromatic rings. The average molecular weight is 216 g/mol. The lowest BCUT2D eigenvalue weighted by Crippen LogP contribution is -1.91. The predicted molar refractivity (Wildman–Crippen MR) is 36.2 cm³/mol. The molecule has 0 bridgehead atoms. The highest BCUT2D eigenvalue weighted by molar-refractivity contribution is 14.1. The van der Waals surface area contributed by atoms with Crippen LogP contribution < -0.4 is 0 Å². The van der Waals surface area contributed by atoms with Gasteiger partial charge in [-0.15, -0.1) is 0 Å². The van der Waals surface area contributed by atoms with Crippen molar-refractivity contribution in [1.29, 1.82) is 0 Å². The van der Waals surface area contributed by atoms with E-state index in [-0.39, 0.29) is 0 Å². The lowest BCUT2D eigenvalue weighted by molar-refractivity contribution is -0.275. The molecule has 0 atom stereocenters. The SMILES string of the molecule is CCCOOCI. The Kier molecular flexibility index (Phi) is 7.27. The second-order valence-corrected chi connectivity index (χ2v) is 1.67. The van der Waals surface area contributed by atoms with Crippen LogP contribution in [-0.2, 0) is 9.78 Å². The molecular weight excluding hydrogens is 207 g/mol. The zero-order chi connectivity index (χ0) is 5.54. The Bertz CT molecular complexity index is 28.9. The van der Waals surface area contributed by atoms with Crippen molar-refractivity contribution in [1.82, 2.24) is 0 Å². The summed E-state index contributed by atoms with van der Waals surface area (Å²) in [5, 5.41) is 0. The van der Waals surface area contributed by atoms with E-state index in [0.29, 0.717) is 11.2 Å². The summed E-state index contributed by atoms with van der Waals surface area (Å²) in [6, 6.07) is 0. The Morgan fingerprint density at radius 2 is 2.14 bits per heavy atom. The van der Waals surface area contributed by atoms with Crippen LogP contribution in [0.4, 0.5) is 0 Å². The zero-order valence-corrected chi connectivity index (χ0v) is 6.47. The van der Waals surface area contributed by atoms with E-state index in [4.69, 9.17) is 0 Å². The molecule has 0 aromatic heterocycles. The Labute approximate surface area is 57.3 Å². The molecule has 0 aromatic carbocycles. The number of hydrogen-bond acceptors (Lipinski definition) is 2. The lowest BCUT2D eigenvalue weighted by Gasteiger charge is -1.94. The van der Waals surface area contributed by atoms with Crippen LogP contribution in [0.1, 0.15) is 13.3 Å². The fraction of sp³-hybridized carbons (Fsp3) is 1.00. The Balaban J connectivity index is 2.45. The molecule has 7 heavy (non-hydrogen) atoms. The molecule has 0 radical (unpaired) electrons. The van der Waals surface area contributed by atoms with Crippen LogP contribution in [0.3, 0.4) is 0 Å². The zero-order valence-electron chi connectivity index (χ0n) is 4.32. The second kappa shape index (κ2) is 6.65. The van der Waals surface area contributed by atoms with Gasteiger partial charge in [0.1, 0.15) is 4.61 Å². The third kappa shape index (κ3) is 6.65. The molecule has 0 aliphatic carbocycles. The van der Waals surface area contributed by atoms with Crippen LogP contribution in [0.5, 0.6) is 0 Å². The third-order valence-corrected chi connectivity index (χ3v) is 0.670. The van der Waals surface area contributed by atoms with Crippen LogP contribution in [0, 0.1) is 0 Å². The molecule has 44 valence electrons. The van der Waals surface area contributed by atoms with Gasteiger partial charge in [-0.3, -0.25) is 0 Å². The van der Waals surface area contributed by atoms with Crippen molar-refractivity contribution in [3.63, 3.8) is 0 Å². The monoisotopic (exact) mass is 216 g/mol. The summed E-state index contributed by atoms with van der Waals surface area (Å²) in [6.45, 7) is 2.74. The standard InChI is InChI=1S/C4H9IO2/c1-2-3-6-7-4-5/h2-4H2,1H3. The first-order valence-electron chi connectivity index (χ1n) is 2.22. The molecule has 0 amide bonds. The molecule has 0 spiro atoms. The van der Waals surface area contributed by atoms with Gasteiger partial charge in [0.25, 0.3) is 0 Å². The lowest BCUT2D eigenvalue weighted by atomic mass is 10.5. The molecule has 2 nitrogen and oxygen atoms in total. The maximum atomic E-state index is 4.62. The highest BCUT2D eigenvalue weighted by atomic mass is 127. The number of rotatable bonds is 4. The highest BCUT2D eigenvalue weighted by Crippen LogP contribution is 1.86. The number of halogens is 1. The van der Waals surface area contributed by atoms with Gasteiger partial charge in [-0.05, 0) is 6.42 Å². The van der Waals surface area contributed by atoms with Gasteiger partial charge in [0.2, 0.25) is 0 Å². The second-order valence-electron chi connectivity index (χ2n) is 1.05. The van der Waals surface area contributed by atoms with E-state index < -0.39 is 0 Å². The first kappa shape index (κ1) is 7.65. The van der Waals surface area contributed by atoms with Crippen molar-refractivity contribution in [3.05, 3.63) is 0 Å². The Morgan fingerprint density at radius 1 is 1.43 bits per heavy atom. The summed E-state index contributed by atoms with van der Waals surface area (Å²) in [5.41, 5.74) is 0. The summed E-state index contributed by atoms with van der Waals surface area (Å²) >= 11 is 2.08. The maximum absolute atomic E-state index is 4.62. The normalized spacial score (nSPS) is 9.43. The molecule has 0 saturated heterocycles. The maximum Gasteiger partial charge on any atom is 0.133 e. The first-order valence-corrected chi connectivity index (χ1v) is 3.74. The molecule has 3 heteroatoms. The van der Waals surface area contributed by atoms with Crippen LogP contribution >= 0.6 is 22.6 Å². The Hall–Kier alpha value is 0.650. The number of alkyl halides is 1. The molecule has 0 aliphatic heterocycles. The van der Waals surface area contributed by atoms with Gasteiger partial charge in [0, 0.05) is 0 Å². The van der Waals surface area contributed by atoms with E-state index in [0.717, 1.165) is 6.42 Å².